The highest BCUT2D eigenvalue weighted by molar-refractivity contribution is 7.09. The summed E-state index contributed by atoms with van der Waals surface area (Å²) in [5, 5.41) is 3.98. The third-order valence-corrected chi connectivity index (χ3v) is 5.56. The van der Waals surface area contributed by atoms with Crippen LogP contribution in [0.4, 0.5) is 0 Å². The van der Waals surface area contributed by atoms with Gasteiger partial charge in [-0.15, -0.1) is 11.3 Å². The van der Waals surface area contributed by atoms with Crippen LogP contribution in [0.5, 0.6) is 5.75 Å². The van der Waals surface area contributed by atoms with Crippen molar-refractivity contribution in [2.75, 3.05) is 32.8 Å². The van der Waals surface area contributed by atoms with Gasteiger partial charge in [0.05, 0.1) is 10.7 Å². The molecule has 1 aromatic carbocycles. The smallest absolute Gasteiger partial charge is 0.336 e. The van der Waals surface area contributed by atoms with Crippen LogP contribution in [0.2, 0.25) is 0 Å². The van der Waals surface area contributed by atoms with E-state index in [1.54, 1.807) is 35.6 Å². The van der Waals surface area contributed by atoms with Crippen molar-refractivity contribution < 1.29 is 13.9 Å². The molecule has 1 aliphatic heterocycles. The van der Waals surface area contributed by atoms with Crippen LogP contribution in [0, 0.1) is 6.92 Å². The van der Waals surface area contributed by atoms with Crippen LogP contribution in [0.1, 0.15) is 10.7 Å². The molecule has 0 atom stereocenters. The molecule has 4 rings (SSSR count). The van der Waals surface area contributed by atoms with E-state index in [0.717, 1.165) is 35.7 Å². The fourth-order valence-corrected chi connectivity index (χ4v) is 3.84. The van der Waals surface area contributed by atoms with Gasteiger partial charge in [-0.25, -0.2) is 9.78 Å². The van der Waals surface area contributed by atoms with Crippen molar-refractivity contribution in [3.8, 4) is 5.75 Å². The minimum absolute atomic E-state index is 0.0339. The monoisotopic (exact) mass is 399 g/mol. The average molecular weight is 399 g/mol. The van der Waals surface area contributed by atoms with Gasteiger partial charge in [-0.1, -0.05) is 0 Å². The van der Waals surface area contributed by atoms with Gasteiger partial charge in [0.25, 0.3) is 5.91 Å². The first kappa shape index (κ1) is 18.6. The molecule has 3 aromatic rings. The van der Waals surface area contributed by atoms with Crippen molar-refractivity contribution in [3.63, 3.8) is 0 Å². The molecule has 2 aromatic heterocycles. The first-order valence-corrected chi connectivity index (χ1v) is 10.0. The molecule has 0 unspecified atom stereocenters. The lowest BCUT2D eigenvalue weighted by atomic mass is 10.2. The van der Waals surface area contributed by atoms with Crippen molar-refractivity contribution in [3.05, 3.63) is 56.8 Å². The summed E-state index contributed by atoms with van der Waals surface area (Å²) >= 11 is 1.66. The molecule has 0 saturated carbocycles. The van der Waals surface area contributed by atoms with Crippen LogP contribution in [-0.2, 0) is 11.3 Å². The summed E-state index contributed by atoms with van der Waals surface area (Å²) in [7, 11) is 0. The number of ether oxygens (including phenoxy) is 1. The average Bonchev–Trinajstić information content (AvgIpc) is 3.11. The Hall–Kier alpha value is -2.71. The number of nitrogens with zero attached hydrogens (tertiary/aromatic N) is 3. The highest BCUT2D eigenvalue weighted by atomic mass is 32.1. The molecule has 1 fully saturated rings. The van der Waals surface area contributed by atoms with Crippen molar-refractivity contribution in [1.29, 1.82) is 0 Å². The molecular formula is C20H21N3O4S. The van der Waals surface area contributed by atoms with Crippen molar-refractivity contribution in [1.82, 2.24) is 14.8 Å². The Morgan fingerprint density at radius 2 is 2.00 bits per heavy atom. The molecule has 0 spiro atoms. The second-order valence-corrected chi connectivity index (χ2v) is 7.82. The molecule has 8 heteroatoms. The van der Waals surface area contributed by atoms with Gasteiger partial charge < -0.3 is 14.1 Å². The maximum absolute atomic E-state index is 12.5. The summed E-state index contributed by atoms with van der Waals surface area (Å²) in [6, 6.07) is 8.28. The quantitative estimate of drug-likeness (QED) is 0.613. The normalized spacial score (nSPS) is 15.1. The fraction of sp³-hybridized carbons (Fsp3) is 0.350. The molecule has 1 aliphatic rings. The highest BCUT2D eigenvalue weighted by Crippen LogP contribution is 2.19. The molecule has 7 nitrogen and oxygen atoms in total. The van der Waals surface area contributed by atoms with E-state index in [0.29, 0.717) is 24.4 Å². The molecular weight excluding hydrogens is 378 g/mol. The molecule has 1 amide bonds. The molecule has 0 N–H and O–H groups in total. The summed E-state index contributed by atoms with van der Waals surface area (Å²) in [5.41, 5.74) is 1.13. The van der Waals surface area contributed by atoms with Gasteiger partial charge in [0.1, 0.15) is 11.3 Å². The largest absolute Gasteiger partial charge is 0.484 e. The fourth-order valence-electron chi connectivity index (χ4n) is 3.23. The zero-order valence-electron chi connectivity index (χ0n) is 15.6. The number of thiazole rings is 1. The summed E-state index contributed by atoms with van der Waals surface area (Å²) in [5.74, 6) is 0.464. The molecule has 3 heterocycles. The van der Waals surface area contributed by atoms with Crippen LogP contribution in [0.15, 0.2) is 44.9 Å². The number of fused-ring (bicyclic) bond motifs is 1. The van der Waals surface area contributed by atoms with E-state index in [9.17, 15) is 9.59 Å². The zero-order valence-corrected chi connectivity index (χ0v) is 16.4. The lowest BCUT2D eigenvalue weighted by molar-refractivity contribution is -0.135. The van der Waals surface area contributed by atoms with Gasteiger partial charge in [0.15, 0.2) is 6.61 Å². The number of carbonyl (C=O) groups excluding carboxylic acids is 1. The van der Waals surface area contributed by atoms with Crippen LogP contribution in [0.25, 0.3) is 11.0 Å². The predicted octanol–water partition coefficient (Wildman–Crippen LogP) is 2.28. The lowest BCUT2D eigenvalue weighted by Crippen LogP contribution is -2.49. The Balaban J connectivity index is 1.28. The van der Waals surface area contributed by atoms with Gasteiger partial charge in [-0.3, -0.25) is 9.69 Å². The van der Waals surface area contributed by atoms with Crippen LogP contribution >= 0.6 is 11.3 Å². The number of amides is 1. The molecule has 0 aliphatic carbocycles. The van der Waals surface area contributed by atoms with Crippen molar-refractivity contribution in [2.24, 2.45) is 0 Å². The summed E-state index contributed by atoms with van der Waals surface area (Å²) < 4.78 is 10.8. The van der Waals surface area contributed by atoms with Crippen LogP contribution in [-0.4, -0.2) is 53.5 Å². The maximum atomic E-state index is 12.5. The first-order valence-electron chi connectivity index (χ1n) is 9.15. The Labute approximate surface area is 166 Å². The third kappa shape index (κ3) is 4.40. The van der Waals surface area contributed by atoms with Gasteiger partial charge in [0.2, 0.25) is 0 Å². The first-order chi connectivity index (χ1) is 13.6. The van der Waals surface area contributed by atoms with E-state index in [2.05, 4.69) is 15.3 Å². The van der Waals surface area contributed by atoms with E-state index >= 15 is 0 Å². The number of piperazine rings is 1. The number of aromatic nitrogens is 1. The van der Waals surface area contributed by atoms with Gasteiger partial charge in [-0.2, -0.15) is 0 Å². The van der Waals surface area contributed by atoms with E-state index in [-0.39, 0.29) is 12.5 Å². The third-order valence-electron chi connectivity index (χ3n) is 4.73. The number of rotatable bonds is 5. The Morgan fingerprint density at radius 1 is 1.21 bits per heavy atom. The molecule has 1 saturated heterocycles. The predicted molar refractivity (Wildman–Crippen MR) is 107 cm³/mol. The molecule has 28 heavy (non-hydrogen) atoms. The zero-order chi connectivity index (χ0) is 19.5. The number of aryl methyl sites for hydroxylation is 1. The van der Waals surface area contributed by atoms with E-state index in [1.165, 1.54) is 6.07 Å². The van der Waals surface area contributed by atoms with Crippen molar-refractivity contribution in [2.45, 2.75) is 13.5 Å². The topological polar surface area (TPSA) is 75.9 Å². The second-order valence-electron chi connectivity index (χ2n) is 6.76. The van der Waals surface area contributed by atoms with Crippen molar-refractivity contribution >= 4 is 28.2 Å². The molecule has 146 valence electrons. The molecule has 0 radical (unpaired) electrons. The lowest BCUT2D eigenvalue weighted by Gasteiger charge is -2.34. The minimum atomic E-state index is -0.411. The van der Waals surface area contributed by atoms with E-state index in [1.807, 2.05) is 11.8 Å². The Bertz CT molecular complexity index is 1040. The molecule has 0 bridgehead atoms. The number of hydrogen-bond donors (Lipinski definition) is 0. The SMILES string of the molecule is Cc1nc(CN2CCN(C(=O)COc3ccc4ccc(=O)oc4c3)CC2)cs1. The van der Waals surface area contributed by atoms with Gasteiger partial charge in [-0.05, 0) is 25.1 Å². The van der Waals surface area contributed by atoms with Gasteiger partial charge >= 0.3 is 5.63 Å². The second kappa shape index (κ2) is 8.12. The minimum Gasteiger partial charge on any atom is -0.484 e. The van der Waals surface area contributed by atoms with Crippen LogP contribution in [0.3, 0.4) is 0 Å². The van der Waals surface area contributed by atoms with E-state index < -0.39 is 5.63 Å². The summed E-state index contributed by atoms with van der Waals surface area (Å²) in [6.45, 7) is 5.80. The van der Waals surface area contributed by atoms with E-state index in [4.69, 9.17) is 9.15 Å². The maximum Gasteiger partial charge on any atom is 0.336 e. The highest BCUT2D eigenvalue weighted by Gasteiger charge is 2.22. The Kier molecular flexibility index (Phi) is 5.40. The number of hydrogen-bond acceptors (Lipinski definition) is 7. The number of benzene rings is 1. The van der Waals surface area contributed by atoms with Crippen LogP contribution < -0.4 is 10.4 Å². The summed E-state index contributed by atoms with van der Waals surface area (Å²) in [6.07, 6.45) is 0. The number of carbonyl (C=O) groups is 1. The van der Waals surface area contributed by atoms with Gasteiger partial charge in [0, 0.05) is 55.6 Å². The standard InChI is InChI=1S/C20H21N3O4S/c1-14-21-16(13-28-14)11-22-6-8-23(9-7-22)19(24)12-26-17-4-2-15-3-5-20(25)27-18(15)10-17/h2-5,10,13H,6-9,11-12H2,1H3. The summed E-state index contributed by atoms with van der Waals surface area (Å²) in [4.78, 5) is 32.4. The Morgan fingerprint density at radius 3 is 2.75 bits per heavy atom.